The van der Waals surface area contributed by atoms with Gasteiger partial charge in [0.1, 0.15) is 0 Å². The molecule has 4 atom stereocenters. The standard InChI is InChI=1S/C14H28P2.2B/c1-13(2,3)15-9-7-11(15)12-8-10-16(12)14(4,5)6;;/h11-12H,7-10H2,1-6H3;;/t11-,12+,15-,16+;;. The van der Waals surface area contributed by atoms with Gasteiger partial charge in [0.15, 0.2) is 0 Å². The first kappa shape index (κ1) is 19.0. The summed E-state index contributed by atoms with van der Waals surface area (Å²) >= 11 is 0. The molecule has 0 bridgehead atoms. The van der Waals surface area contributed by atoms with Crippen molar-refractivity contribution in [3.8, 4) is 0 Å². The van der Waals surface area contributed by atoms with Crippen molar-refractivity contribution < 1.29 is 0 Å². The molecule has 0 amide bonds. The maximum Gasteiger partial charge on any atom is 0 e. The highest BCUT2D eigenvalue weighted by Gasteiger charge is 2.50. The number of hydrogen-bond acceptors (Lipinski definition) is 0. The van der Waals surface area contributed by atoms with Gasteiger partial charge in [0.25, 0.3) is 0 Å². The van der Waals surface area contributed by atoms with Crippen molar-refractivity contribution in [2.24, 2.45) is 0 Å². The van der Waals surface area contributed by atoms with E-state index in [1.807, 2.05) is 0 Å². The maximum atomic E-state index is 2.48. The Morgan fingerprint density at radius 1 is 0.667 bits per heavy atom. The van der Waals surface area contributed by atoms with E-state index in [2.05, 4.69) is 41.5 Å². The van der Waals surface area contributed by atoms with Gasteiger partial charge in [-0.25, -0.2) is 0 Å². The summed E-state index contributed by atoms with van der Waals surface area (Å²) < 4.78 is 0. The monoisotopic (exact) mass is 280 g/mol. The van der Waals surface area contributed by atoms with E-state index in [4.69, 9.17) is 0 Å². The van der Waals surface area contributed by atoms with Gasteiger partial charge in [-0.1, -0.05) is 57.4 Å². The molecule has 2 aliphatic heterocycles. The second kappa shape index (κ2) is 6.18. The normalized spacial score (nSPS) is 35.7. The molecule has 2 saturated heterocycles. The van der Waals surface area contributed by atoms with E-state index < -0.39 is 0 Å². The minimum Gasteiger partial charge on any atom is -0.0973 e. The second-order valence-electron chi connectivity index (χ2n) is 7.44. The first-order valence-corrected chi connectivity index (χ1v) is 9.94. The second-order valence-corrected chi connectivity index (χ2v) is 14.2. The van der Waals surface area contributed by atoms with E-state index in [1.165, 1.54) is 0 Å². The molecule has 2 aliphatic rings. The zero-order valence-corrected chi connectivity index (χ0v) is 14.8. The van der Waals surface area contributed by atoms with Gasteiger partial charge in [-0.2, -0.15) is 0 Å². The molecule has 0 spiro atoms. The molecule has 4 heteroatoms. The van der Waals surface area contributed by atoms with Crippen molar-refractivity contribution >= 4 is 32.7 Å². The molecule has 100 valence electrons. The average molecular weight is 280 g/mol. The minimum atomic E-state index is 0. The first-order chi connectivity index (χ1) is 7.21. The van der Waals surface area contributed by atoms with Crippen molar-refractivity contribution in [2.45, 2.75) is 76.0 Å². The SMILES string of the molecule is CC(C)(C)[P@]1CC[C@@H]1[C@@H]1CC[P@]1C(C)(C)C.[B].[B]. The predicted molar refractivity (Wildman–Crippen MR) is 91.4 cm³/mol. The van der Waals surface area contributed by atoms with Gasteiger partial charge >= 0.3 is 0 Å². The fourth-order valence-electron chi connectivity index (χ4n) is 3.28. The van der Waals surface area contributed by atoms with Crippen LogP contribution in [0.1, 0.15) is 54.4 Å². The van der Waals surface area contributed by atoms with Crippen LogP contribution in [-0.4, -0.2) is 50.8 Å². The van der Waals surface area contributed by atoms with Crippen molar-refractivity contribution in [3.63, 3.8) is 0 Å². The Kier molecular flexibility index (Phi) is 6.52. The van der Waals surface area contributed by atoms with Crippen molar-refractivity contribution in [3.05, 3.63) is 0 Å². The molecule has 0 aromatic heterocycles. The van der Waals surface area contributed by atoms with E-state index in [9.17, 15) is 0 Å². The fourth-order valence-corrected chi connectivity index (χ4v) is 10.3. The largest absolute Gasteiger partial charge is 0.0973 e. The molecule has 2 heterocycles. The number of hydrogen-bond donors (Lipinski definition) is 0. The lowest BCUT2D eigenvalue weighted by Gasteiger charge is -2.57. The lowest BCUT2D eigenvalue weighted by atomic mass is 10.1. The molecule has 0 aromatic carbocycles. The lowest BCUT2D eigenvalue weighted by molar-refractivity contribution is 0.597. The zero-order valence-electron chi connectivity index (χ0n) is 13.0. The van der Waals surface area contributed by atoms with Gasteiger partial charge in [0.2, 0.25) is 0 Å². The fraction of sp³-hybridized carbons (Fsp3) is 1.00. The molecule has 0 aliphatic carbocycles. The maximum absolute atomic E-state index is 2.48. The van der Waals surface area contributed by atoms with E-state index in [0.717, 1.165) is 11.3 Å². The summed E-state index contributed by atoms with van der Waals surface area (Å²) in [7, 11) is 0.692. The Morgan fingerprint density at radius 2 is 0.944 bits per heavy atom. The average Bonchev–Trinajstić information content (AvgIpc) is 1.87. The lowest BCUT2D eigenvalue weighted by Crippen LogP contribution is -2.45. The van der Waals surface area contributed by atoms with Crippen LogP contribution in [-0.2, 0) is 0 Å². The van der Waals surface area contributed by atoms with Crippen LogP contribution >= 0.6 is 15.8 Å². The molecule has 0 aromatic rings. The Hall–Kier alpha value is 0.990. The highest BCUT2D eigenvalue weighted by molar-refractivity contribution is 7.66. The van der Waals surface area contributed by atoms with Crippen LogP contribution in [0.5, 0.6) is 0 Å². The van der Waals surface area contributed by atoms with Crippen LogP contribution in [0, 0.1) is 0 Å². The van der Waals surface area contributed by atoms with Gasteiger partial charge in [-0.15, -0.1) is 0 Å². The molecule has 6 radical (unpaired) electrons. The summed E-state index contributed by atoms with van der Waals surface area (Å²) in [6.07, 6.45) is 6.24. The first-order valence-electron chi connectivity index (χ1n) is 6.75. The van der Waals surface area contributed by atoms with Gasteiger partial charge in [0, 0.05) is 16.8 Å². The third kappa shape index (κ3) is 3.55. The van der Waals surface area contributed by atoms with Crippen molar-refractivity contribution in [2.75, 3.05) is 12.3 Å². The van der Waals surface area contributed by atoms with Crippen molar-refractivity contribution in [1.29, 1.82) is 0 Å². The summed E-state index contributed by atoms with van der Waals surface area (Å²) in [4.78, 5) is 0. The van der Waals surface area contributed by atoms with E-state index in [-0.39, 0.29) is 16.8 Å². The van der Waals surface area contributed by atoms with E-state index in [0.29, 0.717) is 26.2 Å². The van der Waals surface area contributed by atoms with Crippen LogP contribution < -0.4 is 0 Å². The van der Waals surface area contributed by atoms with Crippen LogP contribution in [0.3, 0.4) is 0 Å². The summed E-state index contributed by atoms with van der Waals surface area (Å²) in [6, 6.07) is 0. The number of rotatable bonds is 1. The van der Waals surface area contributed by atoms with Crippen LogP contribution in [0.2, 0.25) is 0 Å². The van der Waals surface area contributed by atoms with Gasteiger partial charge in [-0.05, 0) is 46.8 Å². The topological polar surface area (TPSA) is 0 Å². The van der Waals surface area contributed by atoms with Crippen LogP contribution in [0.15, 0.2) is 0 Å². The van der Waals surface area contributed by atoms with Crippen LogP contribution in [0.25, 0.3) is 0 Å². The highest BCUT2D eigenvalue weighted by atomic mass is 31.1. The van der Waals surface area contributed by atoms with E-state index >= 15 is 0 Å². The quantitative estimate of drug-likeness (QED) is 0.495. The summed E-state index contributed by atoms with van der Waals surface area (Å²) in [5, 5.41) is 1.24. The molecule has 0 N–H and O–H groups in total. The van der Waals surface area contributed by atoms with Crippen LogP contribution in [0.4, 0.5) is 0 Å². The van der Waals surface area contributed by atoms with Gasteiger partial charge in [-0.3, -0.25) is 0 Å². The van der Waals surface area contributed by atoms with E-state index in [1.54, 1.807) is 25.2 Å². The summed E-state index contributed by atoms with van der Waals surface area (Å²) in [5.41, 5.74) is 2.29. The zero-order chi connectivity index (χ0) is 12.1. The highest BCUT2D eigenvalue weighted by Crippen LogP contribution is 2.73. The van der Waals surface area contributed by atoms with Crippen molar-refractivity contribution in [1.82, 2.24) is 0 Å². The van der Waals surface area contributed by atoms with Gasteiger partial charge in [0.05, 0.1) is 0 Å². The molecular formula is C14H28B2P2. The Morgan fingerprint density at radius 3 is 1.06 bits per heavy atom. The third-order valence-electron chi connectivity index (χ3n) is 4.30. The molecular weight excluding hydrogens is 252 g/mol. The molecule has 0 nitrogen and oxygen atoms in total. The molecule has 0 saturated carbocycles. The molecule has 2 rings (SSSR count). The minimum absolute atomic E-state index is 0. The summed E-state index contributed by atoms with van der Waals surface area (Å²) in [5.74, 6) is 0. The molecule has 18 heavy (non-hydrogen) atoms. The molecule has 0 unspecified atom stereocenters. The van der Waals surface area contributed by atoms with Gasteiger partial charge < -0.3 is 0 Å². The Labute approximate surface area is 121 Å². The Bertz CT molecular complexity index is 240. The summed E-state index contributed by atoms with van der Waals surface area (Å²) in [6.45, 7) is 14.9. The predicted octanol–water partition coefficient (Wildman–Crippen LogP) is 4.33. The Balaban J connectivity index is 0.00000144. The smallest absolute Gasteiger partial charge is 0 e. The molecule has 2 fully saturated rings. The third-order valence-corrected chi connectivity index (χ3v) is 12.3.